The van der Waals surface area contributed by atoms with Gasteiger partial charge in [-0.05, 0) is 49.7 Å². The lowest BCUT2D eigenvalue weighted by molar-refractivity contribution is 0.0885. The molecule has 8 heteroatoms. The first kappa shape index (κ1) is 22.3. The van der Waals surface area contributed by atoms with Gasteiger partial charge in [0.1, 0.15) is 0 Å². The number of unbranched alkanes of at least 4 members (excludes halogenated alkanes) is 1. The number of carbonyl (C=O) groups excluding carboxylic acids is 1. The molecule has 0 aliphatic carbocycles. The number of fused-ring (bicyclic) bond motifs is 1. The summed E-state index contributed by atoms with van der Waals surface area (Å²) >= 11 is 0. The smallest absolute Gasteiger partial charge is 0.247 e. The van der Waals surface area contributed by atoms with Crippen molar-refractivity contribution in [2.75, 3.05) is 45.0 Å². The Bertz CT molecular complexity index is 961. The number of aromatic nitrogens is 2. The Balaban J connectivity index is 0.00000256. The van der Waals surface area contributed by atoms with Gasteiger partial charge in [-0.2, -0.15) is 4.68 Å². The molecule has 7 nitrogen and oxygen atoms in total. The highest BCUT2D eigenvalue weighted by Crippen LogP contribution is 2.28. The summed E-state index contributed by atoms with van der Waals surface area (Å²) in [5.41, 5.74) is 8.74. The number of benzene rings is 1. The van der Waals surface area contributed by atoms with Gasteiger partial charge in [0.05, 0.1) is 18.0 Å². The van der Waals surface area contributed by atoms with Crippen LogP contribution in [0, 0.1) is 0 Å². The molecule has 1 aliphatic heterocycles. The Kier molecular flexibility index (Phi) is 7.53. The average Bonchev–Trinajstić information content (AvgIpc) is 3.40. The first-order chi connectivity index (χ1) is 14.2. The highest BCUT2D eigenvalue weighted by molar-refractivity contribution is 5.98. The van der Waals surface area contributed by atoms with Crippen molar-refractivity contribution in [1.29, 1.82) is 0 Å². The van der Waals surface area contributed by atoms with Gasteiger partial charge in [0.2, 0.25) is 5.91 Å². The van der Waals surface area contributed by atoms with Crippen molar-refractivity contribution in [3.8, 4) is 11.1 Å². The topological polar surface area (TPSA) is 80.5 Å². The molecule has 2 aromatic heterocycles. The van der Waals surface area contributed by atoms with Crippen molar-refractivity contribution >= 4 is 35.0 Å². The van der Waals surface area contributed by atoms with Crippen LogP contribution in [0.1, 0.15) is 31.0 Å². The molecule has 3 aromatic rings. The zero-order valence-corrected chi connectivity index (χ0v) is 18.2. The van der Waals surface area contributed by atoms with Crippen molar-refractivity contribution in [2.24, 2.45) is 0 Å². The van der Waals surface area contributed by atoms with E-state index in [-0.39, 0.29) is 18.3 Å². The molecule has 3 heterocycles. The number of nitrogens with zero attached hydrogens (tertiary/aromatic N) is 4. The van der Waals surface area contributed by atoms with Gasteiger partial charge < -0.3 is 20.0 Å². The van der Waals surface area contributed by atoms with Crippen LogP contribution in [0.3, 0.4) is 0 Å². The molecule has 0 radical (unpaired) electrons. The van der Waals surface area contributed by atoms with Gasteiger partial charge in [-0.1, -0.05) is 13.0 Å². The van der Waals surface area contributed by atoms with E-state index in [9.17, 15) is 4.79 Å². The van der Waals surface area contributed by atoms with Gasteiger partial charge in [0.15, 0.2) is 5.82 Å². The number of halogens is 1. The number of hydrogen-bond donors (Lipinski definition) is 1. The highest BCUT2D eigenvalue weighted by Gasteiger charge is 2.17. The molecule has 0 spiro atoms. The number of carbonyl (C=O) groups is 1. The molecule has 0 saturated carbocycles. The number of furan rings is 1. The number of rotatable bonds is 7. The Hall–Kier alpha value is -2.35. The van der Waals surface area contributed by atoms with Gasteiger partial charge in [-0.25, -0.2) is 0 Å². The second-order valence-electron chi connectivity index (χ2n) is 7.67. The van der Waals surface area contributed by atoms with Crippen molar-refractivity contribution < 1.29 is 9.21 Å². The first-order valence-corrected chi connectivity index (χ1v) is 10.4. The quantitative estimate of drug-likeness (QED) is 0.574. The fourth-order valence-electron chi connectivity index (χ4n) is 3.98. The summed E-state index contributed by atoms with van der Waals surface area (Å²) in [6.45, 7) is 8.94. The maximum atomic E-state index is 12.8. The van der Waals surface area contributed by atoms with E-state index in [4.69, 9.17) is 10.2 Å². The molecule has 30 heavy (non-hydrogen) atoms. The summed E-state index contributed by atoms with van der Waals surface area (Å²) < 4.78 is 6.64. The van der Waals surface area contributed by atoms with Crippen LogP contribution in [-0.4, -0.2) is 64.8 Å². The van der Waals surface area contributed by atoms with Crippen molar-refractivity contribution in [1.82, 2.24) is 19.6 Å². The molecule has 0 unspecified atom stereocenters. The van der Waals surface area contributed by atoms with Crippen LogP contribution in [0.15, 0.2) is 41.2 Å². The van der Waals surface area contributed by atoms with Crippen LogP contribution in [0.5, 0.6) is 0 Å². The zero-order chi connectivity index (χ0) is 20.2. The SMILES string of the molecule is CCN1CCN(CCCCC(=O)n2nc(N)c3ccc(-c4ccoc4)cc32)CC1.Cl. The van der Waals surface area contributed by atoms with Gasteiger partial charge in [0.25, 0.3) is 0 Å². The van der Waals surface area contributed by atoms with E-state index in [1.54, 1.807) is 12.5 Å². The summed E-state index contributed by atoms with van der Waals surface area (Å²) in [4.78, 5) is 17.8. The summed E-state index contributed by atoms with van der Waals surface area (Å²) in [7, 11) is 0. The maximum Gasteiger partial charge on any atom is 0.247 e. The van der Waals surface area contributed by atoms with Crippen molar-refractivity contribution in [3.63, 3.8) is 0 Å². The molecule has 4 rings (SSSR count). The summed E-state index contributed by atoms with van der Waals surface area (Å²) in [5, 5.41) is 5.11. The maximum absolute atomic E-state index is 12.8. The molecule has 1 fully saturated rings. The Morgan fingerprint density at radius 1 is 1.10 bits per heavy atom. The minimum Gasteiger partial charge on any atom is -0.472 e. The number of anilines is 1. The number of piperazine rings is 1. The lowest BCUT2D eigenvalue weighted by atomic mass is 10.1. The number of nitrogens with two attached hydrogens (primary N) is 1. The molecular weight excluding hydrogens is 402 g/mol. The van der Waals surface area contributed by atoms with E-state index in [0.29, 0.717) is 12.2 Å². The fraction of sp³-hybridized carbons (Fsp3) is 0.455. The lowest BCUT2D eigenvalue weighted by Gasteiger charge is -2.33. The van der Waals surface area contributed by atoms with Crippen LogP contribution >= 0.6 is 12.4 Å². The van der Waals surface area contributed by atoms with Crippen LogP contribution in [0.4, 0.5) is 5.82 Å². The predicted molar refractivity (Wildman–Crippen MR) is 122 cm³/mol. The van der Waals surface area contributed by atoms with E-state index < -0.39 is 0 Å². The van der Waals surface area contributed by atoms with Crippen LogP contribution in [0.25, 0.3) is 22.0 Å². The van der Waals surface area contributed by atoms with Crippen molar-refractivity contribution in [3.05, 3.63) is 36.8 Å². The van der Waals surface area contributed by atoms with Crippen LogP contribution in [0.2, 0.25) is 0 Å². The van der Waals surface area contributed by atoms with Gasteiger partial charge in [-0.15, -0.1) is 17.5 Å². The minimum absolute atomic E-state index is 0. The molecule has 0 amide bonds. The number of nitrogen functional groups attached to an aromatic ring is 1. The molecule has 1 aromatic carbocycles. The molecule has 1 saturated heterocycles. The first-order valence-electron chi connectivity index (χ1n) is 10.4. The van der Waals surface area contributed by atoms with Gasteiger partial charge in [-0.3, -0.25) is 4.79 Å². The number of likely N-dealkylation sites (N-methyl/N-ethyl adjacent to an activating group) is 1. The second-order valence-corrected chi connectivity index (χ2v) is 7.67. The van der Waals surface area contributed by atoms with Crippen molar-refractivity contribution in [2.45, 2.75) is 26.2 Å². The normalized spacial score (nSPS) is 15.4. The summed E-state index contributed by atoms with van der Waals surface area (Å²) in [5.74, 6) is 0.382. The Morgan fingerprint density at radius 2 is 1.87 bits per heavy atom. The fourth-order valence-corrected chi connectivity index (χ4v) is 3.98. The van der Waals surface area contributed by atoms with E-state index in [1.807, 2.05) is 24.3 Å². The largest absolute Gasteiger partial charge is 0.472 e. The van der Waals surface area contributed by atoms with Crippen LogP contribution < -0.4 is 5.73 Å². The third-order valence-electron chi connectivity index (χ3n) is 5.83. The molecule has 162 valence electrons. The third kappa shape index (κ3) is 4.86. The van der Waals surface area contributed by atoms with Gasteiger partial charge in [0, 0.05) is 43.5 Å². The average molecular weight is 432 g/mol. The summed E-state index contributed by atoms with van der Waals surface area (Å²) in [6.07, 6.45) is 5.68. The molecular formula is C22H30ClN5O2. The Labute approximate surface area is 183 Å². The second kappa shape index (κ2) is 10.1. The Morgan fingerprint density at radius 3 is 2.57 bits per heavy atom. The van der Waals surface area contributed by atoms with E-state index in [1.165, 1.54) is 4.68 Å². The molecule has 2 N–H and O–H groups in total. The predicted octanol–water partition coefficient (Wildman–Crippen LogP) is 3.75. The molecule has 0 atom stereocenters. The molecule has 0 bridgehead atoms. The number of hydrogen-bond acceptors (Lipinski definition) is 6. The van der Waals surface area contributed by atoms with Gasteiger partial charge >= 0.3 is 0 Å². The van der Waals surface area contributed by atoms with E-state index in [2.05, 4.69) is 21.8 Å². The summed E-state index contributed by atoms with van der Waals surface area (Å²) in [6, 6.07) is 7.74. The van der Waals surface area contributed by atoms with E-state index >= 15 is 0 Å². The standard InChI is InChI=1S/C22H29N5O2.ClH/c1-2-25-10-12-26(13-11-25)9-4-3-5-21(28)27-20-15-17(18-8-14-29-16-18)6-7-19(20)22(23)24-27;/h6-8,14-16H,2-5,9-13H2,1H3,(H2,23,24);1H. The zero-order valence-electron chi connectivity index (χ0n) is 17.4. The monoisotopic (exact) mass is 431 g/mol. The van der Waals surface area contributed by atoms with E-state index in [0.717, 1.165) is 74.1 Å². The third-order valence-corrected chi connectivity index (χ3v) is 5.83. The minimum atomic E-state index is -0.00755. The lowest BCUT2D eigenvalue weighted by Crippen LogP contribution is -2.46. The highest BCUT2D eigenvalue weighted by atomic mass is 35.5. The molecule has 1 aliphatic rings. The van der Waals surface area contributed by atoms with Crippen LogP contribution in [-0.2, 0) is 0 Å².